The predicted molar refractivity (Wildman–Crippen MR) is 80.1 cm³/mol. The van der Waals surface area contributed by atoms with E-state index in [1.165, 1.54) is 23.1 Å². The summed E-state index contributed by atoms with van der Waals surface area (Å²) in [5, 5.41) is 0.552. The first-order valence-corrected chi connectivity index (χ1v) is 8.77. The van der Waals surface area contributed by atoms with E-state index in [1.807, 2.05) is 0 Å². The molecule has 0 spiro atoms. The molecule has 0 N–H and O–H groups in total. The highest BCUT2D eigenvalue weighted by Gasteiger charge is 2.34. The van der Waals surface area contributed by atoms with Gasteiger partial charge in [-0.25, -0.2) is 12.8 Å². The van der Waals surface area contributed by atoms with Crippen molar-refractivity contribution in [2.75, 3.05) is 18.6 Å². The monoisotopic (exact) mass is 325 g/mol. The molecule has 2 heterocycles. The predicted octanol–water partition coefficient (Wildman–Crippen LogP) is 2.14. The fraction of sp³-hybridized carbons (Fsp3) is 0.400. The van der Waals surface area contributed by atoms with E-state index >= 15 is 0 Å². The van der Waals surface area contributed by atoms with Crippen molar-refractivity contribution in [3.05, 3.63) is 35.3 Å². The average molecular weight is 325 g/mol. The number of aryl methyl sites for hydroxylation is 1. The second kappa shape index (κ2) is 5.08. The third-order valence-corrected chi connectivity index (χ3v) is 5.92. The van der Waals surface area contributed by atoms with E-state index in [2.05, 4.69) is 0 Å². The molecule has 1 saturated heterocycles. The van der Waals surface area contributed by atoms with E-state index < -0.39 is 15.7 Å². The topological polar surface area (TPSA) is 67.6 Å². The molecule has 1 aliphatic rings. The van der Waals surface area contributed by atoms with E-state index in [9.17, 15) is 17.6 Å². The van der Waals surface area contributed by atoms with Crippen LogP contribution < -0.4 is 0 Å². The Kier molecular flexibility index (Phi) is 3.47. The fourth-order valence-electron chi connectivity index (χ4n) is 2.80. The molecule has 1 atom stereocenters. The molecular weight excluding hydrogens is 309 g/mol. The molecule has 22 heavy (non-hydrogen) atoms. The van der Waals surface area contributed by atoms with Crippen LogP contribution in [0.2, 0.25) is 0 Å². The quantitative estimate of drug-likeness (QED) is 0.848. The fourth-order valence-corrected chi connectivity index (χ4v) is 4.58. The smallest absolute Gasteiger partial charge is 0.289 e. The number of benzene rings is 1. The summed E-state index contributed by atoms with van der Waals surface area (Å²) in [6, 6.07) is 3.73. The van der Waals surface area contributed by atoms with Gasteiger partial charge < -0.3 is 9.32 Å². The molecule has 3 rings (SSSR count). The SMILES string of the molecule is Cc1c(C(=O)N(C)[C@@H]2CCS(=O)(=O)C2)oc2ccc(F)cc12. The number of hydrogen-bond acceptors (Lipinski definition) is 4. The Hall–Kier alpha value is -1.89. The van der Waals surface area contributed by atoms with E-state index in [4.69, 9.17) is 4.42 Å². The first-order chi connectivity index (χ1) is 10.3. The molecule has 0 bridgehead atoms. The van der Waals surface area contributed by atoms with Gasteiger partial charge in [0.05, 0.1) is 11.5 Å². The summed E-state index contributed by atoms with van der Waals surface area (Å²) in [5.41, 5.74) is 1.00. The van der Waals surface area contributed by atoms with Crippen LogP contribution in [0, 0.1) is 12.7 Å². The van der Waals surface area contributed by atoms with Crippen molar-refractivity contribution in [3.63, 3.8) is 0 Å². The molecule has 7 heteroatoms. The summed E-state index contributed by atoms with van der Waals surface area (Å²) in [6.07, 6.45) is 0.429. The largest absolute Gasteiger partial charge is 0.451 e. The van der Waals surface area contributed by atoms with Crippen LogP contribution >= 0.6 is 0 Å². The minimum atomic E-state index is -3.07. The molecule has 1 amide bonds. The van der Waals surface area contributed by atoms with E-state index in [0.717, 1.165) is 0 Å². The van der Waals surface area contributed by atoms with Gasteiger partial charge in [-0.1, -0.05) is 0 Å². The number of rotatable bonds is 2. The third kappa shape index (κ3) is 2.49. The van der Waals surface area contributed by atoms with Gasteiger partial charge in [0.2, 0.25) is 0 Å². The maximum absolute atomic E-state index is 13.3. The molecular formula is C15H16FNO4S. The minimum absolute atomic E-state index is 0.0247. The van der Waals surface area contributed by atoms with Gasteiger partial charge >= 0.3 is 0 Å². The Labute approximate surface area is 127 Å². The highest BCUT2D eigenvalue weighted by atomic mass is 32.2. The van der Waals surface area contributed by atoms with E-state index in [0.29, 0.717) is 23.0 Å². The van der Waals surface area contributed by atoms with Gasteiger partial charge in [-0.15, -0.1) is 0 Å². The summed E-state index contributed by atoms with van der Waals surface area (Å²) < 4.78 is 41.9. The lowest BCUT2D eigenvalue weighted by molar-refractivity contribution is 0.0717. The molecule has 0 radical (unpaired) electrons. The molecule has 5 nitrogen and oxygen atoms in total. The molecule has 1 aromatic heterocycles. The van der Waals surface area contributed by atoms with Crippen LogP contribution in [-0.4, -0.2) is 43.8 Å². The zero-order valence-corrected chi connectivity index (χ0v) is 13.1. The number of furan rings is 1. The Bertz CT molecular complexity index is 856. The Morgan fingerprint density at radius 1 is 1.41 bits per heavy atom. The molecule has 0 unspecified atom stereocenters. The van der Waals surface area contributed by atoms with Gasteiger partial charge in [-0.05, 0) is 31.5 Å². The number of amides is 1. The van der Waals surface area contributed by atoms with Crippen LogP contribution in [0.1, 0.15) is 22.5 Å². The van der Waals surface area contributed by atoms with Crippen molar-refractivity contribution in [1.29, 1.82) is 0 Å². The highest BCUT2D eigenvalue weighted by molar-refractivity contribution is 7.91. The lowest BCUT2D eigenvalue weighted by Gasteiger charge is -2.22. The van der Waals surface area contributed by atoms with Crippen LogP contribution in [0.4, 0.5) is 4.39 Å². The first kappa shape index (κ1) is 15.0. The van der Waals surface area contributed by atoms with Crippen LogP contribution in [0.3, 0.4) is 0 Å². The first-order valence-electron chi connectivity index (χ1n) is 6.95. The Morgan fingerprint density at radius 2 is 2.14 bits per heavy atom. The van der Waals surface area contributed by atoms with Gasteiger partial charge in [0.1, 0.15) is 11.4 Å². The molecule has 118 valence electrons. The highest BCUT2D eigenvalue weighted by Crippen LogP contribution is 2.28. The third-order valence-electron chi connectivity index (χ3n) is 4.17. The van der Waals surface area contributed by atoms with Crippen molar-refractivity contribution < 1.29 is 22.0 Å². The zero-order chi connectivity index (χ0) is 16.1. The minimum Gasteiger partial charge on any atom is -0.451 e. The number of carbonyl (C=O) groups excluding carboxylic acids is 1. The summed E-state index contributed by atoms with van der Waals surface area (Å²) >= 11 is 0. The second-order valence-electron chi connectivity index (χ2n) is 5.67. The van der Waals surface area contributed by atoms with Gasteiger partial charge in [0.25, 0.3) is 5.91 Å². The number of hydrogen-bond donors (Lipinski definition) is 0. The molecule has 2 aromatic rings. The van der Waals surface area contributed by atoms with Gasteiger partial charge in [-0.3, -0.25) is 4.79 Å². The molecule has 1 fully saturated rings. The maximum atomic E-state index is 13.3. The van der Waals surface area contributed by atoms with Gasteiger partial charge in [0.15, 0.2) is 15.6 Å². The lowest BCUT2D eigenvalue weighted by Crippen LogP contribution is -2.37. The van der Waals surface area contributed by atoms with Crippen molar-refractivity contribution in [1.82, 2.24) is 4.90 Å². The van der Waals surface area contributed by atoms with Crippen molar-refractivity contribution >= 4 is 26.7 Å². The number of nitrogens with zero attached hydrogens (tertiary/aromatic N) is 1. The lowest BCUT2D eigenvalue weighted by atomic mass is 10.1. The van der Waals surface area contributed by atoms with Crippen LogP contribution in [0.5, 0.6) is 0 Å². The molecule has 0 saturated carbocycles. The number of carbonyl (C=O) groups is 1. The standard InChI is InChI=1S/C15H16FNO4S/c1-9-12-7-10(16)3-4-13(12)21-14(9)15(18)17(2)11-5-6-22(19,20)8-11/h3-4,7,11H,5-6,8H2,1-2H3/t11-/m1/s1. The summed E-state index contributed by atoms with van der Waals surface area (Å²) in [4.78, 5) is 14.0. The normalized spacial score (nSPS) is 20.4. The second-order valence-corrected chi connectivity index (χ2v) is 7.90. The van der Waals surface area contributed by atoms with Crippen molar-refractivity contribution in [2.45, 2.75) is 19.4 Å². The maximum Gasteiger partial charge on any atom is 0.289 e. The number of sulfone groups is 1. The molecule has 0 aliphatic carbocycles. The van der Waals surface area contributed by atoms with Crippen molar-refractivity contribution in [2.24, 2.45) is 0 Å². The zero-order valence-electron chi connectivity index (χ0n) is 12.3. The molecule has 1 aliphatic heterocycles. The van der Waals surface area contributed by atoms with Gasteiger partial charge in [0, 0.05) is 24.0 Å². The van der Waals surface area contributed by atoms with Gasteiger partial charge in [-0.2, -0.15) is 0 Å². The summed E-state index contributed by atoms with van der Waals surface area (Å²) in [6.45, 7) is 1.69. The van der Waals surface area contributed by atoms with Crippen LogP contribution in [0.15, 0.2) is 22.6 Å². The average Bonchev–Trinajstić information content (AvgIpc) is 2.98. The van der Waals surface area contributed by atoms with Crippen molar-refractivity contribution in [3.8, 4) is 0 Å². The number of halogens is 1. The van der Waals surface area contributed by atoms with Crippen LogP contribution in [-0.2, 0) is 9.84 Å². The Morgan fingerprint density at radius 3 is 2.77 bits per heavy atom. The number of fused-ring (bicyclic) bond motifs is 1. The van der Waals surface area contributed by atoms with Crippen LogP contribution in [0.25, 0.3) is 11.0 Å². The Balaban J connectivity index is 1.94. The van der Waals surface area contributed by atoms with E-state index in [-0.39, 0.29) is 29.2 Å². The summed E-state index contributed by atoms with van der Waals surface area (Å²) in [5.74, 6) is -0.572. The van der Waals surface area contributed by atoms with E-state index in [1.54, 1.807) is 14.0 Å². The molecule has 1 aromatic carbocycles. The summed E-state index contributed by atoms with van der Waals surface area (Å²) in [7, 11) is -1.50.